The predicted octanol–water partition coefficient (Wildman–Crippen LogP) is 4.84. The molecule has 1 atom stereocenters. The summed E-state index contributed by atoms with van der Waals surface area (Å²) >= 11 is 5.62. The standard InChI is InChI=1S/C23H22N2O2S/c1-16-7-5-6-10-19(16)22(17-8-3-2-4-9-17)25-23(28)24-18-11-12-20-21(15-18)27-14-13-26-20/h2-12,15,22H,13-14H2,1H3,(H2,24,25,28)/t22-/m1/s1. The first-order valence-electron chi connectivity index (χ1n) is 9.28. The van der Waals surface area contributed by atoms with Gasteiger partial charge in [-0.2, -0.15) is 0 Å². The van der Waals surface area contributed by atoms with Crippen LogP contribution in [-0.2, 0) is 0 Å². The predicted molar refractivity (Wildman–Crippen MR) is 116 cm³/mol. The van der Waals surface area contributed by atoms with Crippen LogP contribution in [0.3, 0.4) is 0 Å². The van der Waals surface area contributed by atoms with Crippen molar-refractivity contribution in [3.8, 4) is 11.5 Å². The summed E-state index contributed by atoms with van der Waals surface area (Å²) in [6.07, 6.45) is 0. The first-order valence-corrected chi connectivity index (χ1v) is 9.69. The monoisotopic (exact) mass is 390 g/mol. The number of rotatable bonds is 4. The van der Waals surface area contributed by atoms with Crippen molar-refractivity contribution < 1.29 is 9.47 Å². The lowest BCUT2D eigenvalue weighted by Crippen LogP contribution is -2.33. The summed E-state index contributed by atoms with van der Waals surface area (Å²) in [5.74, 6) is 1.50. The van der Waals surface area contributed by atoms with E-state index in [1.807, 2.05) is 42.5 Å². The van der Waals surface area contributed by atoms with E-state index in [1.165, 1.54) is 11.1 Å². The summed E-state index contributed by atoms with van der Waals surface area (Å²) in [5.41, 5.74) is 4.42. The normalized spacial score (nSPS) is 13.5. The van der Waals surface area contributed by atoms with Gasteiger partial charge in [-0.3, -0.25) is 0 Å². The van der Waals surface area contributed by atoms with Crippen LogP contribution in [0.15, 0.2) is 72.8 Å². The van der Waals surface area contributed by atoms with E-state index in [0.717, 1.165) is 22.7 Å². The highest BCUT2D eigenvalue weighted by atomic mass is 32.1. The number of anilines is 1. The van der Waals surface area contributed by atoms with E-state index >= 15 is 0 Å². The lowest BCUT2D eigenvalue weighted by molar-refractivity contribution is 0.171. The van der Waals surface area contributed by atoms with E-state index in [4.69, 9.17) is 21.7 Å². The van der Waals surface area contributed by atoms with Gasteiger partial charge in [-0.05, 0) is 48.0 Å². The highest BCUT2D eigenvalue weighted by Gasteiger charge is 2.18. The minimum atomic E-state index is -0.0420. The van der Waals surface area contributed by atoms with E-state index in [9.17, 15) is 0 Å². The van der Waals surface area contributed by atoms with E-state index in [0.29, 0.717) is 18.3 Å². The van der Waals surface area contributed by atoms with Gasteiger partial charge >= 0.3 is 0 Å². The van der Waals surface area contributed by atoms with Gasteiger partial charge < -0.3 is 20.1 Å². The Morgan fingerprint density at radius 2 is 1.61 bits per heavy atom. The zero-order chi connectivity index (χ0) is 19.3. The Bertz CT molecular complexity index is 975. The molecule has 3 aromatic rings. The van der Waals surface area contributed by atoms with E-state index in [1.54, 1.807) is 0 Å². The molecule has 1 aliphatic rings. The number of thiocarbonyl (C=S) groups is 1. The molecule has 0 fully saturated rings. The molecular formula is C23H22N2O2S. The number of aryl methyl sites for hydroxylation is 1. The van der Waals surface area contributed by atoms with Crippen LogP contribution in [0.25, 0.3) is 0 Å². The molecule has 142 valence electrons. The maximum atomic E-state index is 5.65. The molecular weight excluding hydrogens is 368 g/mol. The highest BCUT2D eigenvalue weighted by Crippen LogP contribution is 2.32. The fourth-order valence-electron chi connectivity index (χ4n) is 3.32. The Morgan fingerprint density at radius 1 is 0.893 bits per heavy atom. The van der Waals surface area contributed by atoms with Crippen molar-refractivity contribution in [2.24, 2.45) is 0 Å². The lowest BCUT2D eigenvalue weighted by Gasteiger charge is -2.24. The molecule has 0 aromatic heterocycles. The van der Waals surface area contributed by atoms with Crippen molar-refractivity contribution in [2.75, 3.05) is 18.5 Å². The van der Waals surface area contributed by atoms with E-state index in [-0.39, 0.29) is 6.04 Å². The Balaban J connectivity index is 1.55. The molecule has 2 N–H and O–H groups in total. The summed E-state index contributed by atoms with van der Waals surface area (Å²) in [5, 5.41) is 7.28. The van der Waals surface area contributed by atoms with Crippen molar-refractivity contribution in [2.45, 2.75) is 13.0 Å². The second-order valence-electron chi connectivity index (χ2n) is 6.66. The van der Waals surface area contributed by atoms with Crippen molar-refractivity contribution in [1.82, 2.24) is 5.32 Å². The van der Waals surface area contributed by atoms with Gasteiger partial charge in [-0.1, -0.05) is 54.6 Å². The molecule has 3 aromatic carbocycles. The molecule has 0 aliphatic carbocycles. The van der Waals surface area contributed by atoms with Crippen molar-refractivity contribution in [3.63, 3.8) is 0 Å². The molecule has 1 heterocycles. The first-order chi connectivity index (χ1) is 13.7. The molecule has 0 bridgehead atoms. The SMILES string of the molecule is Cc1ccccc1[C@H](NC(=S)Nc1ccc2c(c1)OCCO2)c1ccccc1. The molecule has 0 amide bonds. The summed E-state index contributed by atoms with van der Waals surface area (Å²) < 4.78 is 11.2. The topological polar surface area (TPSA) is 42.5 Å². The van der Waals surface area contributed by atoms with E-state index < -0.39 is 0 Å². The van der Waals surface area contributed by atoms with Gasteiger partial charge in [-0.15, -0.1) is 0 Å². The van der Waals surface area contributed by atoms with Crippen LogP contribution in [0.5, 0.6) is 11.5 Å². The minimum absolute atomic E-state index is 0.0420. The lowest BCUT2D eigenvalue weighted by atomic mass is 9.95. The third-order valence-electron chi connectivity index (χ3n) is 4.71. The van der Waals surface area contributed by atoms with Crippen LogP contribution >= 0.6 is 12.2 Å². The fourth-order valence-corrected chi connectivity index (χ4v) is 3.55. The maximum absolute atomic E-state index is 5.65. The average molecular weight is 391 g/mol. The number of benzene rings is 3. The summed E-state index contributed by atoms with van der Waals surface area (Å²) in [6, 6.07) is 24.4. The molecule has 0 saturated carbocycles. The smallest absolute Gasteiger partial charge is 0.171 e. The van der Waals surface area contributed by atoms with Gasteiger partial charge in [0.15, 0.2) is 16.6 Å². The zero-order valence-electron chi connectivity index (χ0n) is 15.6. The van der Waals surface area contributed by atoms with Crippen LogP contribution in [0.1, 0.15) is 22.7 Å². The van der Waals surface area contributed by atoms with Crippen LogP contribution in [0.2, 0.25) is 0 Å². The molecule has 1 aliphatic heterocycles. The Labute approximate surface area is 170 Å². The number of hydrogen-bond acceptors (Lipinski definition) is 3. The molecule has 0 saturated heterocycles. The van der Waals surface area contributed by atoms with Crippen LogP contribution < -0.4 is 20.1 Å². The zero-order valence-corrected chi connectivity index (χ0v) is 16.5. The van der Waals surface area contributed by atoms with Crippen molar-refractivity contribution in [1.29, 1.82) is 0 Å². The molecule has 28 heavy (non-hydrogen) atoms. The minimum Gasteiger partial charge on any atom is -0.486 e. The maximum Gasteiger partial charge on any atom is 0.171 e. The van der Waals surface area contributed by atoms with Gasteiger partial charge in [0.05, 0.1) is 6.04 Å². The summed E-state index contributed by atoms with van der Waals surface area (Å²) in [6.45, 7) is 3.25. The quantitative estimate of drug-likeness (QED) is 0.624. The molecule has 0 radical (unpaired) electrons. The second kappa shape index (κ2) is 8.31. The fraction of sp³-hybridized carbons (Fsp3) is 0.174. The third-order valence-corrected chi connectivity index (χ3v) is 4.93. The van der Waals surface area contributed by atoms with Crippen molar-refractivity contribution in [3.05, 3.63) is 89.5 Å². The molecule has 4 rings (SSSR count). The Hall–Kier alpha value is -3.05. The molecule has 5 heteroatoms. The van der Waals surface area contributed by atoms with Gasteiger partial charge in [0.1, 0.15) is 13.2 Å². The summed E-state index contributed by atoms with van der Waals surface area (Å²) in [7, 11) is 0. The summed E-state index contributed by atoms with van der Waals surface area (Å²) in [4.78, 5) is 0. The van der Waals surface area contributed by atoms with Gasteiger partial charge in [0.25, 0.3) is 0 Å². The molecule has 0 spiro atoms. The highest BCUT2D eigenvalue weighted by molar-refractivity contribution is 7.80. The third kappa shape index (κ3) is 4.10. The van der Waals surface area contributed by atoms with E-state index in [2.05, 4.69) is 47.9 Å². The number of fused-ring (bicyclic) bond motifs is 1. The number of hydrogen-bond donors (Lipinski definition) is 2. The number of nitrogens with one attached hydrogen (secondary N) is 2. The van der Waals surface area contributed by atoms with Crippen LogP contribution in [0, 0.1) is 6.92 Å². The Kier molecular flexibility index (Phi) is 5.44. The van der Waals surface area contributed by atoms with Crippen LogP contribution in [-0.4, -0.2) is 18.3 Å². The van der Waals surface area contributed by atoms with Crippen molar-refractivity contribution >= 4 is 23.0 Å². The van der Waals surface area contributed by atoms with Gasteiger partial charge in [0.2, 0.25) is 0 Å². The first kappa shape index (κ1) is 18.3. The van der Waals surface area contributed by atoms with Gasteiger partial charge in [-0.25, -0.2) is 0 Å². The number of ether oxygens (including phenoxy) is 2. The molecule has 4 nitrogen and oxygen atoms in total. The Morgan fingerprint density at radius 3 is 2.39 bits per heavy atom. The van der Waals surface area contributed by atoms with Crippen LogP contribution in [0.4, 0.5) is 5.69 Å². The van der Waals surface area contributed by atoms with Gasteiger partial charge in [0, 0.05) is 11.8 Å². The molecule has 0 unspecified atom stereocenters. The average Bonchev–Trinajstić information content (AvgIpc) is 2.73. The second-order valence-corrected chi connectivity index (χ2v) is 7.07. The largest absolute Gasteiger partial charge is 0.486 e.